The first kappa shape index (κ1) is 26.3. The number of amides is 4. The molecule has 38 heavy (non-hydrogen) atoms. The highest BCUT2D eigenvalue weighted by molar-refractivity contribution is 9.09. The Balaban J connectivity index is 1.51. The lowest BCUT2D eigenvalue weighted by atomic mass is 9.56. The van der Waals surface area contributed by atoms with Gasteiger partial charge in [0.25, 0.3) is 11.8 Å². The normalized spacial score (nSPS) is 37.3. The summed E-state index contributed by atoms with van der Waals surface area (Å²) in [5.41, 5.74) is 0.388. The minimum absolute atomic E-state index is 0.0120. The molecule has 2 aliphatic heterocycles. The maximum absolute atomic E-state index is 14.6. The maximum atomic E-state index is 14.6. The zero-order valence-electron chi connectivity index (χ0n) is 20.3. The number of allylic oxidation sites excluding steroid dienone is 2. The van der Waals surface area contributed by atoms with Crippen molar-refractivity contribution < 1.29 is 28.7 Å². The van der Waals surface area contributed by atoms with Gasteiger partial charge in [-0.3, -0.25) is 29.0 Å². The van der Waals surface area contributed by atoms with Gasteiger partial charge in [0.1, 0.15) is 0 Å². The van der Waals surface area contributed by atoms with E-state index < -0.39 is 56.8 Å². The van der Waals surface area contributed by atoms with Crippen molar-refractivity contribution in [2.24, 2.45) is 17.8 Å². The average molecular weight is 628 g/mol. The fourth-order valence-corrected chi connectivity index (χ4v) is 9.00. The van der Waals surface area contributed by atoms with Crippen LogP contribution in [0, 0.1) is 23.6 Å². The minimum atomic E-state index is -2.07. The number of carbonyl (C=O) groups is 4. The van der Waals surface area contributed by atoms with Crippen molar-refractivity contribution in [3.8, 4) is 5.75 Å². The Morgan fingerprint density at radius 2 is 1.74 bits per heavy atom. The Bertz CT molecular complexity index is 1300. The number of benzene rings is 1. The van der Waals surface area contributed by atoms with E-state index >= 15 is 0 Å². The molecule has 6 unspecified atom stereocenters. The van der Waals surface area contributed by atoms with E-state index in [4.69, 9.17) is 23.2 Å². The van der Waals surface area contributed by atoms with Crippen molar-refractivity contribution in [1.29, 1.82) is 0 Å². The molecular weight excluding hydrogens is 602 g/mol. The van der Waals surface area contributed by atoms with E-state index in [2.05, 4.69) is 15.9 Å². The molecular formula is C27H26BrCl2FN2O5. The molecule has 0 bridgehead atoms. The van der Waals surface area contributed by atoms with E-state index in [0.717, 1.165) is 43.1 Å². The van der Waals surface area contributed by atoms with Crippen molar-refractivity contribution in [1.82, 2.24) is 9.80 Å². The predicted octanol–water partition coefficient (Wildman–Crippen LogP) is 4.58. The lowest BCUT2D eigenvalue weighted by Crippen LogP contribution is -2.60. The number of hydrogen-bond donors (Lipinski definition) is 1. The Hall–Kier alpha value is -1.97. The number of nitrogens with zero attached hydrogens (tertiary/aromatic N) is 2. The molecule has 3 aliphatic carbocycles. The standard InChI is InChI=1S/C27H26BrCl2FN2O5/c28-12-32-24(37)26(29)11-17-14(20(27(26,30)25(32)38)16-7-4-8-18(31)21(16)34)9-10-15-19(17)23(36)33(22(15)35)13-5-2-1-3-6-13/h4,7-9,13,15,17,19-20,34H,1-3,5-6,10-12H2. The number of fused-ring (bicyclic) bond motifs is 4. The number of aromatic hydroxyl groups is 1. The smallest absolute Gasteiger partial charge is 0.254 e. The second kappa shape index (κ2) is 9.03. The van der Waals surface area contributed by atoms with Crippen LogP contribution in [0.5, 0.6) is 5.75 Å². The van der Waals surface area contributed by atoms with Crippen LogP contribution in [0.2, 0.25) is 0 Å². The Morgan fingerprint density at radius 1 is 1.03 bits per heavy atom. The molecule has 0 aromatic heterocycles. The molecule has 11 heteroatoms. The molecule has 2 saturated carbocycles. The van der Waals surface area contributed by atoms with E-state index in [-0.39, 0.29) is 41.7 Å². The zero-order chi connectivity index (χ0) is 27.1. The van der Waals surface area contributed by atoms with Gasteiger partial charge < -0.3 is 5.11 Å². The number of carbonyl (C=O) groups excluding carboxylic acids is 4. The van der Waals surface area contributed by atoms with Gasteiger partial charge in [-0.25, -0.2) is 4.39 Å². The van der Waals surface area contributed by atoms with E-state index in [9.17, 15) is 28.7 Å². The number of rotatable bonds is 3. The molecule has 1 aromatic carbocycles. The van der Waals surface area contributed by atoms with Gasteiger partial charge in [-0.1, -0.05) is 59.0 Å². The summed E-state index contributed by atoms with van der Waals surface area (Å²) in [5.74, 6) is -6.87. The molecule has 4 amide bonds. The van der Waals surface area contributed by atoms with Crippen molar-refractivity contribution >= 4 is 62.8 Å². The van der Waals surface area contributed by atoms with Crippen LogP contribution in [-0.2, 0) is 19.2 Å². The van der Waals surface area contributed by atoms with E-state index in [1.807, 2.05) is 0 Å². The number of phenolic OH excluding ortho intramolecular Hbond substituents is 1. The van der Waals surface area contributed by atoms with Gasteiger partial charge in [-0.05, 0) is 37.7 Å². The summed E-state index contributed by atoms with van der Waals surface area (Å²) in [6, 6.07) is 3.76. The fraction of sp³-hybridized carbons (Fsp3) is 0.556. The zero-order valence-corrected chi connectivity index (χ0v) is 23.4. The van der Waals surface area contributed by atoms with Gasteiger partial charge in [-0.15, -0.1) is 23.2 Å². The van der Waals surface area contributed by atoms with Gasteiger partial charge >= 0.3 is 0 Å². The Labute approximate surface area is 237 Å². The van der Waals surface area contributed by atoms with Crippen LogP contribution >= 0.6 is 39.1 Å². The predicted molar refractivity (Wildman–Crippen MR) is 140 cm³/mol. The summed E-state index contributed by atoms with van der Waals surface area (Å²) in [6.45, 7) is 0. The fourth-order valence-electron chi connectivity index (χ4n) is 7.59. The molecule has 4 fully saturated rings. The van der Waals surface area contributed by atoms with Crippen molar-refractivity contribution in [2.75, 3.05) is 5.45 Å². The summed E-state index contributed by atoms with van der Waals surface area (Å²) >= 11 is 17.4. The van der Waals surface area contributed by atoms with E-state index in [0.29, 0.717) is 5.57 Å². The Morgan fingerprint density at radius 3 is 2.42 bits per heavy atom. The SMILES string of the molecule is O=C1C2CC=C3C(CC4(Cl)C(=O)N(CBr)C(=O)C4(Cl)C3c3cccc(F)c3O)C2C(=O)N1C1CCCCC1. The van der Waals surface area contributed by atoms with Crippen molar-refractivity contribution in [3.63, 3.8) is 0 Å². The third-order valence-electron chi connectivity index (χ3n) is 9.32. The molecule has 0 radical (unpaired) electrons. The number of phenols is 1. The summed E-state index contributed by atoms with van der Waals surface area (Å²) < 4.78 is 14.6. The molecule has 202 valence electrons. The quantitative estimate of drug-likeness (QED) is 0.229. The van der Waals surface area contributed by atoms with Crippen molar-refractivity contribution in [2.45, 2.75) is 66.7 Å². The first-order chi connectivity index (χ1) is 18.1. The van der Waals surface area contributed by atoms with Gasteiger partial charge in [0.05, 0.1) is 17.3 Å². The molecule has 1 N–H and O–H groups in total. The van der Waals surface area contributed by atoms with E-state index in [1.165, 1.54) is 17.0 Å². The molecule has 6 rings (SSSR count). The highest BCUT2D eigenvalue weighted by Crippen LogP contribution is 2.66. The number of para-hydroxylation sites is 1. The average Bonchev–Trinajstić information content (AvgIpc) is 3.24. The highest BCUT2D eigenvalue weighted by atomic mass is 79.9. The third kappa shape index (κ3) is 3.24. The van der Waals surface area contributed by atoms with Crippen LogP contribution in [0.1, 0.15) is 56.4 Å². The maximum Gasteiger partial charge on any atom is 0.254 e. The number of likely N-dealkylation sites (tertiary alicyclic amines) is 2. The second-order valence-corrected chi connectivity index (χ2v) is 12.7. The Kier molecular flexibility index (Phi) is 6.24. The summed E-state index contributed by atoms with van der Waals surface area (Å²) in [7, 11) is 0. The topological polar surface area (TPSA) is 95.0 Å². The molecule has 7 nitrogen and oxygen atoms in total. The number of imide groups is 2. The van der Waals surface area contributed by atoms with Crippen LogP contribution < -0.4 is 0 Å². The first-order valence-electron chi connectivity index (χ1n) is 12.9. The summed E-state index contributed by atoms with van der Waals surface area (Å²) in [6.07, 6.45) is 6.38. The largest absolute Gasteiger partial charge is 0.505 e. The van der Waals surface area contributed by atoms with Gasteiger partial charge in [-0.2, -0.15) is 0 Å². The summed E-state index contributed by atoms with van der Waals surface area (Å²) in [4.78, 5) is 53.1. The number of alkyl halides is 3. The number of halogens is 4. The second-order valence-electron chi connectivity index (χ2n) is 11.0. The molecule has 2 heterocycles. The molecule has 1 aromatic rings. The van der Waals surface area contributed by atoms with Crippen LogP contribution in [0.25, 0.3) is 0 Å². The molecule has 6 atom stereocenters. The molecule has 0 spiro atoms. The third-order valence-corrected chi connectivity index (χ3v) is 11.2. The lowest BCUT2D eigenvalue weighted by Gasteiger charge is -2.50. The monoisotopic (exact) mass is 626 g/mol. The first-order valence-corrected chi connectivity index (χ1v) is 14.8. The number of hydrogen-bond acceptors (Lipinski definition) is 5. The summed E-state index contributed by atoms with van der Waals surface area (Å²) in [5, 5.41) is 10.8. The van der Waals surface area contributed by atoms with Gasteiger partial charge in [0.15, 0.2) is 21.3 Å². The molecule has 2 saturated heterocycles. The van der Waals surface area contributed by atoms with Crippen LogP contribution in [-0.4, -0.2) is 59.8 Å². The van der Waals surface area contributed by atoms with Gasteiger partial charge in [0, 0.05) is 17.5 Å². The highest BCUT2D eigenvalue weighted by Gasteiger charge is 2.76. The van der Waals surface area contributed by atoms with Gasteiger partial charge in [0.2, 0.25) is 11.8 Å². The van der Waals surface area contributed by atoms with Crippen LogP contribution in [0.15, 0.2) is 29.8 Å². The molecule has 5 aliphatic rings. The van der Waals surface area contributed by atoms with Crippen LogP contribution in [0.4, 0.5) is 4.39 Å². The lowest BCUT2D eigenvalue weighted by molar-refractivity contribution is -0.144. The van der Waals surface area contributed by atoms with Crippen LogP contribution in [0.3, 0.4) is 0 Å². The minimum Gasteiger partial charge on any atom is -0.505 e. The van der Waals surface area contributed by atoms with Crippen molar-refractivity contribution in [3.05, 3.63) is 41.2 Å². The van der Waals surface area contributed by atoms with E-state index in [1.54, 1.807) is 6.08 Å².